The highest BCUT2D eigenvalue weighted by Crippen LogP contribution is 2.10. The van der Waals surface area contributed by atoms with E-state index in [1.165, 1.54) is 13.8 Å². The second-order valence-corrected chi connectivity index (χ2v) is 4.40. The molecule has 0 aliphatic heterocycles. The van der Waals surface area contributed by atoms with Gasteiger partial charge in [0.15, 0.2) is 0 Å². The van der Waals surface area contributed by atoms with E-state index in [0.29, 0.717) is 12.5 Å². The molecule has 0 aromatic rings. The van der Waals surface area contributed by atoms with Crippen LogP contribution < -0.4 is 0 Å². The summed E-state index contributed by atoms with van der Waals surface area (Å²) in [6.07, 6.45) is 3.25. The Morgan fingerprint density at radius 2 is 1.82 bits per heavy atom. The van der Waals surface area contributed by atoms with Crippen LogP contribution in [-0.4, -0.2) is 23.7 Å². The molecule has 0 rings (SSSR count). The van der Waals surface area contributed by atoms with Crippen LogP contribution in [0.2, 0.25) is 0 Å². The summed E-state index contributed by atoms with van der Waals surface area (Å²) in [7, 11) is 0. The Hall–Kier alpha value is -1.32. The predicted octanol–water partition coefficient (Wildman–Crippen LogP) is 2.78. The van der Waals surface area contributed by atoms with Gasteiger partial charge in [0.25, 0.3) is 0 Å². The molecule has 1 atom stereocenters. The van der Waals surface area contributed by atoms with Crippen LogP contribution in [0, 0.1) is 5.92 Å². The van der Waals surface area contributed by atoms with E-state index in [1.54, 1.807) is 0 Å². The van der Waals surface area contributed by atoms with Crippen LogP contribution in [0.3, 0.4) is 0 Å². The van der Waals surface area contributed by atoms with E-state index in [-0.39, 0.29) is 11.1 Å². The van der Waals surface area contributed by atoms with Gasteiger partial charge in [-0.2, -0.15) is 0 Å². The van der Waals surface area contributed by atoms with Crippen LogP contribution in [0.4, 0.5) is 0 Å². The molecule has 0 spiro atoms. The molecular weight excluding hydrogens is 220 g/mol. The van der Waals surface area contributed by atoms with Crippen molar-refractivity contribution in [3.05, 3.63) is 11.1 Å². The molecule has 0 bridgehead atoms. The fourth-order valence-corrected chi connectivity index (χ4v) is 1.28. The minimum atomic E-state index is -1.08. The summed E-state index contributed by atoms with van der Waals surface area (Å²) in [6, 6.07) is 0. The zero-order valence-electron chi connectivity index (χ0n) is 11.1. The van der Waals surface area contributed by atoms with E-state index in [2.05, 4.69) is 6.92 Å². The highest BCUT2D eigenvalue weighted by molar-refractivity contribution is 5.98. The van der Waals surface area contributed by atoms with E-state index in [9.17, 15) is 9.59 Å². The number of carboxylic acid groups (broad SMARTS) is 1. The number of ether oxygens (including phenoxy) is 1. The molecule has 17 heavy (non-hydrogen) atoms. The van der Waals surface area contributed by atoms with Crippen molar-refractivity contribution in [3.63, 3.8) is 0 Å². The topological polar surface area (TPSA) is 63.6 Å². The average Bonchev–Trinajstić information content (AvgIpc) is 2.31. The number of carbonyl (C=O) groups is 2. The third kappa shape index (κ3) is 6.09. The quantitative estimate of drug-likeness (QED) is 0.550. The normalized spacial score (nSPS) is 13.9. The SMILES string of the molecule is CCCCC(C)COC(=O)/C(C)=C(/C)C(=O)O. The average molecular weight is 242 g/mol. The lowest BCUT2D eigenvalue weighted by molar-refractivity contribution is -0.141. The maximum absolute atomic E-state index is 11.5. The van der Waals surface area contributed by atoms with Crippen LogP contribution in [0.15, 0.2) is 11.1 Å². The monoisotopic (exact) mass is 242 g/mol. The van der Waals surface area contributed by atoms with Crippen molar-refractivity contribution in [2.75, 3.05) is 6.61 Å². The summed E-state index contributed by atoms with van der Waals surface area (Å²) < 4.78 is 5.07. The zero-order valence-corrected chi connectivity index (χ0v) is 11.1. The van der Waals surface area contributed by atoms with Crippen LogP contribution in [0.25, 0.3) is 0 Å². The van der Waals surface area contributed by atoms with E-state index in [0.717, 1.165) is 19.3 Å². The fraction of sp³-hybridized carbons (Fsp3) is 0.692. The lowest BCUT2D eigenvalue weighted by Crippen LogP contribution is -2.15. The van der Waals surface area contributed by atoms with Crippen molar-refractivity contribution in [1.82, 2.24) is 0 Å². The molecule has 0 aliphatic carbocycles. The van der Waals surface area contributed by atoms with Gasteiger partial charge in [-0.3, -0.25) is 0 Å². The molecular formula is C13H22O4. The Bertz CT molecular complexity index is 305. The molecule has 0 aromatic carbocycles. The second-order valence-electron chi connectivity index (χ2n) is 4.40. The smallest absolute Gasteiger partial charge is 0.334 e. The Morgan fingerprint density at radius 1 is 1.24 bits per heavy atom. The lowest BCUT2D eigenvalue weighted by atomic mass is 10.1. The zero-order chi connectivity index (χ0) is 13.4. The second kappa shape index (κ2) is 7.87. The highest BCUT2D eigenvalue weighted by atomic mass is 16.5. The first-order valence-corrected chi connectivity index (χ1v) is 5.98. The van der Waals surface area contributed by atoms with Gasteiger partial charge in [-0.25, -0.2) is 9.59 Å². The van der Waals surface area contributed by atoms with Crippen molar-refractivity contribution in [1.29, 1.82) is 0 Å². The number of carbonyl (C=O) groups excluding carboxylic acids is 1. The van der Waals surface area contributed by atoms with E-state index in [1.807, 2.05) is 6.92 Å². The van der Waals surface area contributed by atoms with Gasteiger partial charge in [0, 0.05) is 11.1 Å². The molecule has 0 saturated heterocycles. The molecule has 0 saturated carbocycles. The number of rotatable bonds is 7. The Morgan fingerprint density at radius 3 is 2.29 bits per heavy atom. The maximum atomic E-state index is 11.5. The minimum Gasteiger partial charge on any atom is -0.478 e. The first kappa shape index (κ1) is 15.7. The first-order chi connectivity index (χ1) is 7.90. The molecule has 0 aliphatic rings. The van der Waals surface area contributed by atoms with Gasteiger partial charge in [-0.05, 0) is 26.2 Å². The molecule has 1 unspecified atom stereocenters. The Balaban J connectivity index is 4.19. The van der Waals surface area contributed by atoms with Gasteiger partial charge in [-0.15, -0.1) is 0 Å². The Kier molecular flexibility index (Phi) is 7.26. The summed E-state index contributed by atoms with van der Waals surface area (Å²) in [5.74, 6) is -1.30. The standard InChI is InChI=1S/C13H22O4/c1-5-6-7-9(2)8-17-13(16)11(4)10(3)12(14)15/h9H,5-8H2,1-4H3,(H,14,15)/b11-10-. The highest BCUT2D eigenvalue weighted by Gasteiger charge is 2.14. The van der Waals surface area contributed by atoms with Crippen LogP contribution in [-0.2, 0) is 14.3 Å². The van der Waals surface area contributed by atoms with Gasteiger partial charge in [0.05, 0.1) is 6.61 Å². The van der Waals surface area contributed by atoms with Crippen molar-refractivity contribution in [2.24, 2.45) is 5.92 Å². The Labute approximate surface area is 103 Å². The van der Waals surface area contributed by atoms with Gasteiger partial charge in [0.2, 0.25) is 0 Å². The number of hydrogen-bond acceptors (Lipinski definition) is 3. The molecule has 0 aromatic heterocycles. The number of carboxylic acids is 1. The van der Waals surface area contributed by atoms with Gasteiger partial charge >= 0.3 is 11.9 Å². The van der Waals surface area contributed by atoms with Crippen molar-refractivity contribution >= 4 is 11.9 Å². The summed E-state index contributed by atoms with van der Waals surface area (Å²) in [5.41, 5.74) is 0.205. The van der Waals surface area contributed by atoms with E-state index < -0.39 is 11.9 Å². The predicted molar refractivity (Wildman–Crippen MR) is 65.7 cm³/mol. The number of esters is 1. The molecule has 0 radical (unpaired) electrons. The lowest BCUT2D eigenvalue weighted by Gasteiger charge is -2.12. The summed E-state index contributed by atoms with van der Waals surface area (Å²) in [5, 5.41) is 8.73. The third-order valence-corrected chi connectivity index (χ3v) is 2.74. The van der Waals surface area contributed by atoms with Crippen LogP contribution in [0.5, 0.6) is 0 Å². The summed E-state index contributed by atoms with van der Waals surface area (Å²) in [6.45, 7) is 7.36. The molecule has 0 amide bonds. The molecule has 0 fully saturated rings. The third-order valence-electron chi connectivity index (χ3n) is 2.74. The fourth-order valence-electron chi connectivity index (χ4n) is 1.28. The number of unbranched alkanes of at least 4 members (excludes halogenated alkanes) is 1. The summed E-state index contributed by atoms with van der Waals surface area (Å²) >= 11 is 0. The first-order valence-electron chi connectivity index (χ1n) is 5.98. The van der Waals surface area contributed by atoms with E-state index in [4.69, 9.17) is 9.84 Å². The van der Waals surface area contributed by atoms with Crippen molar-refractivity contribution < 1.29 is 19.4 Å². The maximum Gasteiger partial charge on any atom is 0.334 e. The molecule has 98 valence electrons. The van der Waals surface area contributed by atoms with Gasteiger partial charge in [-0.1, -0.05) is 26.7 Å². The van der Waals surface area contributed by atoms with Gasteiger partial charge in [0.1, 0.15) is 0 Å². The van der Waals surface area contributed by atoms with Gasteiger partial charge < -0.3 is 9.84 Å². The van der Waals surface area contributed by atoms with Crippen LogP contribution in [0.1, 0.15) is 47.0 Å². The van der Waals surface area contributed by atoms with Crippen LogP contribution >= 0.6 is 0 Å². The molecule has 1 N–H and O–H groups in total. The molecule has 4 heteroatoms. The van der Waals surface area contributed by atoms with Crippen molar-refractivity contribution in [2.45, 2.75) is 47.0 Å². The largest absolute Gasteiger partial charge is 0.478 e. The van der Waals surface area contributed by atoms with Crippen molar-refractivity contribution in [3.8, 4) is 0 Å². The number of hydrogen-bond donors (Lipinski definition) is 1. The summed E-state index contributed by atoms with van der Waals surface area (Å²) in [4.78, 5) is 22.2. The van der Waals surface area contributed by atoms with E-state index >= 15 is 0 Å². The minimum absolute atomic E-state index is 0.0382. The number of aliphatic carboxylic acids is 1. The molecule has 0 heterocycles. The molecule has 4 nitrogen and oxygen atoms in total.